The molecule has 6 heteroatoms. The molecule has 0 radical (unpaired) electrons. The SMILES string of the molecule is O=C(Cc1ccccc1F)N1CC2(C1)OCC[C@@H]2COCc1cccnc1. The predicted molar refractivity (Wildman–Crippen MR) is 97.4 cm³/mol. The molecule has 2 fully saturated rings. The molecule has 142 valence electrons. The van der Waals surface area contributed by atoms with Crippen LogP contribution in [-0.4, -0.2) is 47.7 Å². The van der Waals surface area contributed by atoms with Crippen LogP contribution in [0.25, 0.3) is 0 Å². The minimum absolute atomic E-state index is 0.0590. The first-order chi connectivity index (χ1) is 13.2. The molecule has 1 aromatic carbocycles. The Kier molecular flexibility index (Phi) is 5.18. The van der Waals surface area contributed by atoms with Crippen LogP contribution in [0.1, 0.15) is 17.5 Å². The Hall–Kier alpha value is -2.31. The molecule has 1 atom stereocenters. The maximum Gasteiger partial charge on any atom is 0.227 e. The van der Waals surface area contributed by atoms with Crippen LogP contribution in [-0.2, 0) is 27.3 Å². The molecule has 0 N–H and O–H groups in total. The molecule has 0 saturated carbocycles. The normalized spacial score (nSPS) is 20.6. The maximum absolute atomic E-state index is 13.8. The lowest BCUT2D eigenvalue weighted by molar-refractivity contribution is -0.168. The molecule has 0 aliphatic carbocycles. The predicted octanol–water partition coefficient (Wildman–Crippen LogP) is 2.60. The van der Waals surface area contributed by atoms with Gasteiger partial charge in [0.15, 0.2) is 0 Å². The molecular weight excluding hydrogens is 347 g/mol. The third kappa shape index (κ3) is 3.87. The van der Waals surface area contributed by atoms with Gasteiger partial charge in [-0.05, 0) is 29.7 Å². The largest absolute Gasteiger partial charge is 0.376 e. The van der Waals surface area contributed by atoms with Crippen molar-refractivity contribution >= 4 is 5.91 Å². The zero-order valence-corrected chi connectivity index (χ0v) is 15.1. The molecule has 2 saturated heterocycles. The summed E-state index contributed by atoms with van der Waals surface area (Å²) in [6, 6.07) is 10.3. The Morgan fingerprint density at radius 1 is 1.30 bits per heavy atom. The Labute approximate surface area is 158 Å². The number of aromatic nitrogens is 1. The summed E-state index contributed by atoms with van der Waals surface area (Å²) in [6.07, 6.45) is 4.56. The van der Waals surface area contributed by atoms with Crippen LogP contribution in [0.3, 0.4) is 0 Å². The topological polar surface area (TPSA) is 51.7 Å². The third-order valence-corrected chi connectivity index (χ3v) is 5.48. The van der Waals surface area contributed by atoms with E-state index in [-0.39, 0.29) is 29.7 Å². The van der Waals surface area contributed by atoms with Gasteiger partial charge in [0, 0.05) is 24.9 Å². The Bertz CT molecular complexity index is 793. The lowest BCUT2D eigenvalue weighted by Gasteiger charge is -2.50. The van der Waals surface area contributed by atoms with Gasteiger partial charge in [-0.15, -0.1) is 0 Å². The van der Waals surface area contributed by atoms with Crippen molar-refractivity contribution in [2.24, 2.45) is 5.92 Å². The van der Waals surface area contributed by atoms with Crippen molar-refractivity contribution in [1.82, 2.24) is 9.88 Å². The molecule has 3 heterocycles. The summed E-state index contributed by atoms with van der Waals surface area (Å²) in [4.78, 5) is 18.3. The number of carbonyl (C=O) groups is 1. The van der Waals surface area contributed by atoms with Crippen molar-refractivity contribution in [3.05, 3.63) is 65.7 Å². The van der Waals surface area contributed by atoms with Crippen LogP contribution in [0.15, 0.2) is 48.8 Å². The zero-order chi connectivity index (χ0) is 18.7. The van der Waals surface area contributed by atoms with Gasteiger partial charge < -0.3 is 14.4 Å². The van der Waals surface area contributed by atoms with E-state index in [4.69, 9.17) is 9.47 Å². The molecule has 2 aliphatic heterocycles. The van der Waals surface area contributed by atoms with Crippen molar-refractivity contribution in [3.63, 3.8) is 0 Å². The molecule has 4 rings (SSSR count). The van der Waals surface area contributed by atoms with E-state index in [9.17, 15) is 9.18 Å². The summed E-state index contributed by atoms with van der Waals surface area (Å²) in [5.74, 6) is -0.122. The number of ether oxygens (including phenoxy) is 2. The number of hydrogen-bond acceptors (Lipinski definition) is 4. The van der Waals surface area contributed by atoms with Crippen LogP contribution >= 0.6 is 0 Å². The summed E-state index contributed by atoms with van der Waals surface area (Å²) in [6.45, 7) is 2.93. The Morgan fingerprint density at radius 3 is 2.93 bits per heavy atom. The fraction of sp³-hybridized carbons (Fsp3) is 0.429. The van der Waals surface area contributed by atoms with Gasteiger partial charge in [-0.1, -0.05) is 24.3 Å². The number of likely N-dealkylation sites (tertiary alicyclic amines) is 1. The molecule has 27 heavy (non-hydrogen) atoms. The van der Waals surface area contributed by atoms with E-state index in [1.807, 2.05) is 12.1 Å². The highest BCUT2D eigenvalue weighted by Crippen LogP contribution is 2.40. The highest BCUT2D eigenvalue weighted by atomic mass is 19.1. The quantitative estimate of drug-likeness (QED) is 0.784. The molecule has 1 spiro atoms. The van der Waals surface area contributed by atoms with Crippen LogP contribution < -0.4 is 0 Å². The lowest BCUT2D eigenvalue weighted by atomic mass is 9.81. The highest BCUT2D eigenvalue weighted by Gasteiger charge is 2.54. The highest BCUT2D eigenvalue weighted by molar-refractivity contribution is 5.80. The van der Waals surface area contributed by atoms with Gasteiger partial charge in [-0.2, -0.15) is 0 Å². The monoisotopic (exact) mass is 370 g/mol. The first-order valence-corrected chi connectivity index (χ1v) is 9.28. The first-order valence-electron chi connectivity index (χ1n) is 9.28. The van der Waals surface area contributed by atoms with Crippen molar-refractivity contribution < 1.29 is 18.7 Å². The van der Waals surface area contributed by atoms with E-state index >= 15 is 0 Å². The van der Waals surface area contributed by atoms with Crippen LogP contribution in [0.4, 0.5) is 4.39 Å². The third-order valence-electron chi connectivity index (χ3n) is 5.48. The van der Waals surface area contributed by atoms with E-state index in [0.29, 0.717) is 38.5 Å². The molecular formula is C21H23FN2O3. The summed E-state index contributed by atoms with van der Waals surface area (Å²) < 4.78 is 25.6. The van der Waals surface area contributed by atoms with E-state index in [1.165, 1.54) is 6.07 Å². The van der Waals surface area contributed by atoms with E-state index < -0.39 is 0 Å². The lowest BCUT2D eigenvalue weighted by Crippen LogP contribution is -2.66. The zero-order valence-electron chi connectivity index (χ0n) is 15.1. The Morgan fingerprint density at radius 2 is 2.15 bits per heavy atom. The molecule has 0 unspecified atom stereocenters. The van der Waals surface area contributed by atoms with Gasteiger partial charge in [0.05, 0.1) is 32.7 Å². The summed E-state index contributed by atoms with van der Waals surface area (Å²) in [7, 11) is 0. The number of pyridine rings is 1. The fourth-order valence-electron chi connectivity index (χ4n) is 3.87. The molecule has 1 aromatic heterocycles. The summed E-state index contributed by atoms with van der Waals surface area (Å²) in [5, 5.41) is 0. The standard InChI is InChI=1S/C21H23FN2O3/c22-19-6-2-1-5-17(19)10-20(25)24-14-21(15-24)18(7-9-27-21)13-26-12-16-4-3-8-23-11-16/h1-6,8,11,18H,7,9-10,12-15H2/t18-/m1/s1. The number of hydrogen-bond donors (Lipinski definition) is 0. The smallest absolute Gasteiger partial charge is 0.227 e. The Balaban J connectivity index is 1.28. The van der Waals surface area contributed by atoms with Gasteiger partial charge in [0.1, 0.15) is 11.4 Å². The molecule has 2 aliphatic rings. The number of nitrogens with zero attached hydrogens (tertiary/aromatic N) is 2. The number of rotatable bonds is 6. The van der Waals surface area contributed by atoms with Gasteiger partial charge >= 0.3 is 0 Å². The van der Waals surface area contributed by atoms with Crippen molar-refractivity contribution in [3.8, 4) is 0 Å². The molecule has 2 aromatic rings. The molecule has 5 nitrogen and oxygen atoms in total. The number of halogens is 1. The van der Waals surface area contributed by atoms with Crippen LogP contribution in [0.2, 0.25) is 0 Å². The number of benzene rings is 1. The summed E-state index contributed by atoms with van der Waals surface area (Å²) in [5.41, 5.74) is 1.17. The van der Waals surface area contributed by atoms with Crippen molar-refractivity contribution in [2.45, 2.75) is 25.0 Å². The van der Waals surface area contributed by atoms with Crippen molar-refractivity contribution in [2.75, 3.05) is 26.3 Å². The van der Waals surface area contributed by atoms with Gasteiger partial charge in [-0.25, -0.2) is 4.39 Å². The second-order valence-electron chi connectivity index (χ2n) is 7.29. The average molecular weight is 370 g/mol. The first kappa shape index (κ1) is 18.1. The molecule has 1 amide bonds. The van der Waals surface area contributed by atoms with Gasteiger partial charge in [-0.3, -0.25) is 9.78 Å². The van der Waals surface area contributed by atoms with E-state index in [1.54, 1.807) is 35.5 Å². The fourth-order valence-corrected chi connectivity index (χ4v) is 3.87. The number of carbonyl (C=O) groups excluding carboxylic acids is 1. The minimum atomic E-state index is -0.333. The van der Waals surface area contributed by atoms with E-state index in [0.717, 1.165) is 12.0 Å². The van der Waals surface area contributed by atoms with Crippen LogP contribution in [0, 0.1) is 11.7 Å². The van der Waals surface area contributed by atoms with Gasteiger partial charge in [0.2, 0.25) is 5.91 Å². The average Bonchev–Trinajstić information content (AvgIpc) is 3.07. The maximum atomic E-state index is 13.8. The molecule has 0 bridgehead atoms. The number of amides is 1. The summed E-state index contributed by atoms with van der Waals surface area (Å²) >= 11 is 0. The second kappa shape index (κ2) is 7.74. The van der Waals surface area contributed by atoms with Crippen molar-refractivity contribution in [1.29, 1.82) is 0 Å². The minimum Gasteiger partial charge on any atom is -0.376 e. The van der Waals surface area contributed by atoms with E-state index in [2.05, 4.69) is 4.98 Å². The second-order valence-corrected chi connectivity index (χ2v) is 7.29. The van der Waals surface area contributed by atoms with Crippen LogP contribution in [0.5, 0.6) is 0 Å². The van der Waals surface area contributed by atoms with Gasteiger partial charge in [0.25, 0.3) is 0 Å².